The first-order chi connectivity index (χ1) is 15.5. The van der Waals surface area contributed by atoms with Gasteiger partial charge in [-0.25, -0.2) is 4.79 Å². The Hall–Kier alpha value is -2.59. The highest BCUT2D eigenvalue weighted by molar-refractivity contribution is 5.87. The van der Waals surface area contributed by atoms with Gasteiger partial charge in [0.25, 0.3) is 0 Å². The number of benzene rings is 2. The predicted molar refractivity (Wildman–Crippen MR) is 134 cm³/mol. The fourth-order valence-corrected chi connectivity index (χ4v) is 3.08. The Kier molecular flexibility index (Phi) is 13.8. The highest BCUT2D eigenvalue weighted by Crippen LogP contribution is 2.28. The maximum absolute atomic E-state index is 11.7. The van der Waals surface area contributed by atoms with Crippen LogP contribution in [0.1, 0.15) is 71.4 Å². The smallest absolute Gasteiger partial charge is 0.330 e. The van der Waals surface area contributed by atoms with Crippen LogP contribution in [0.3, 0.4) is 0 Å². The third kappa shape index (κ3) is 9.69. The molecule has 2 aromatic carbocycles. The van der Waals surface area contributed by atoms with Gasteiger partial charge in [0.15, 0.2) is 0 Å². The number of rotatable bonds is 12. The van der Waals surface area contributed by atoms with Gasteiger partial charge < -0.3 is 14.2 Å². The molecule has 4 heteroatoms. The summed E-state index contributed by atoms with van der Waals surface area (Å²) in [5.74, 6) is 0.869. The predicted octanol–water partition coefficient (Wildman–Crippen LogP) is 7.28. The van der Waals surface area contributed by atoms with Gasteiger partial charge in [-0.1, -0.05) is 65.3 Å². The Labute approximate surface area is 194 Å². The lowest BCUT2D eigenvalue weighted by Gasteiger charge is -2.13. The number of carbonyl (C=O) groups is 1. The van der Waals surface area contributed by atoms with E-state index in [2.05, 4.69) is 51.1 Å². The first-order valence-electron chi connectivity index (χ1n) is 11.8. The van der Waals surface area contributed by atoms with E-state index in [0.717, 1.165) is 41.9 Å². The maximum Gasteiger partial charge on any atom is 0.330 e. The largest absolute Gasteiger partial charge is 0.491 e. The van der Waals surface area contributed by atoms with Crippen molar-refractivity contribution in [1.29, 1.82) is 0 Å². The second kappa shape index (κ2) is 16.1. The van der Waals surface area contributed by atoms with Crippen molar-refractivity contribution in [1.82, 2.24) is 0 Å². The zero-order valence-corrected chi connectivity index (χ0v) is 20.6. The zero-order valence-electron chi connectivity index (χ0n) is 20.6. The summed E-state index contributed by atoms with van der Waals surface area (Å²) in [6, 6.07) is 14.4. The van der Waals surface area contributed by atoms with Gasteiger partial charge in [-0.3, -0.25) is 0 Å². The highest BCUT2D eigenvalue weighted by atomic mass is 16.5. The molecule has 0 aromatic heterocycles. The molecule has 0 unspecified atom stereocenters. The van der Waals surface area contributed by atoms with Crippen LogP contribution in [-0.2, 0) is 14.3 Å². The molecule has 0 fully saturated rings. The van der Waals surface area contributed by atoms with E-state index in [1.807, 2.05) is 32.1 Å². The molecule has 0 heterocycles. The van der Waals surface area contributed by atoms with Gasteiger partial charge in [0.05, 0.1) is 13.2 Å². The normalized spacial score (nSPS) is 10.7. The summed E-state index contributed by atoms with van der Waals surface area (Å²) in [4.78, 5) is 11.7. The third-order valence-electron chi connectivity index (χ3n) is 4.72. The topological polar surface area (TPSA) is 44.8 Å². The van der Waals surface area contributed by atoms with Crippen LogP contribution in [0.2, 0.25) is 0 Å². The minimum Gasteiger partial charge on any atom is -0.491 e. The summed E-state index contributed by atoms with van der Waals surface area (Å²) in [6.07, 6.45) is 5.56. The first-order valence-corrected chi connectivity index (χ1v) is 11.8. The molecule has 0 saturated carbocycles. The van der Waals surface area contributed by atoms with Gasteiger partial charge in [0.2, 0.25) is 0 Å². The van der Waals surface area contributed by atoms with Gasteiger partial charge in [-0.2, -0.15) is 0 Å². The Morgan fingerprint density at radius 3 is 2.25 bits per heavy atom. The lowest BCUT2D eigenvalue weighted by molar-refractivity contribution is -0.137. The average molecular weight is 441 g/mol. The zero-order chi connectivity index (χ0) is 23.8. The minimum absolute atomic E-state index is 0.321. The monoisotopic (exact) mass is 440 g/mol. The second-order valence-electron chi connectivity index (χ2n) is 7.42. The van der Waals surface area contributed by atoms with E-state index in [1.165, 1.54) is 11.6 Å². The molecule has 0 aliphatic carbocycles. The Balaban J connectivity index is 0.00000249. The number of hydrogen-bond acceptors (Lipinski definition) is 4. The van der Waals surface area contributed by atoms with Crippen molar-refractivity contribution in [2.24, 2.45) is 0 Å². The van der Waals surface area contributed by atoms with Crippen LogP contribution in [-0.4, -0.2) is 32.4 Å². The lowest BCUT2D eigenvalue weighted by atomic mass is 9.93. The molecule has 0 radical (unpaired) electrons. The van der Waals surface area contributed by atoms with Gasteiger partial charge in [0, 0.05) is 12.7 Å². The number of hydrogen-bond donors (Lipinski definition) is 0. The molecule has 0 aliphatic rings. The van der Waals surface area contributed by atoms with Crippen molar-refractivity contribution in [3.05, 3.63) is 59.7 Å². The van der Waals surface area contributed by atoms with E-state index in [0.29, 0.717) is 25.7 Å². The molecule has 2 rings (SSSR count). The molecule has 2 aromatic rings. The van der Waals surface area contributed by atoms with Crippen molar-refractivity contribution in [2.45, 2.75) is 60.3 Å². The highest BCUT2D eigenvalue weighted by Gasteiger charge is 2.08. The van der Waals surface area contributed by atoms with E-state index < -0.39 is 0 Å². The molecular formula is C28H40O4. The number of ether oxygens (including phenoxy) is 3. The van der Waals surface area contributed by atoms with Gasteiger partial charge in [-0.05, 0) is 65.8 Å². The summed E-state index contributed by atoms with van der Waals surface area (Å²) in [5, 5.41) is 0. The van der Waals surface area contributed by atoms with Crippen LogP contribution in [0.25, 0.3) is 17.2 Å². The molecule has 32 heavy (non-hydrogen) atoms. The second-order valence-corrected chi connectivity index (χ2v) is 7.42. The fraction of sp³-hybridized carbons (Fsp3) is 0.464. The molecule has 0 saturated heterocycles. The summed E-state index contributed by atoms with van der Waals surface area (Å²) < 4.78 is 16.3. The van der Waals surface area contributed by atoms with E-state index in [1.54, 1.807) is 6.92 Å². The van der Waals surface area contributed by atoms with E-state index in [4.69, 9.17) is 14.2 Å². The van der Waals surface area contributed by atoms with E-state index >= 15 is 0 Å². The summed E-state index contributed by atoms with van der Waals surface area (Å²) in [5.41, 5.74) is 4.42. The summed E-state index contributed by atoms with van der Waals surface area (Å²) in [6.45, 7) is 14.6. The number of esters is 1. The molecule has 176 valence electrons. The van der Waals surface area contributed by atoms with Crippen molar-refractivity contribution < 1.29 is 19.0 Å². The number of carbonyl (C=O) groups excluding carboxylic acids is 1. The first kappa shape index (κ1) is 27.4. The van der Waals surface area contributed by atoms with Crippen molar-refractivity contribution in [2.75, 3.05) is 26.4 Å². The maximum atomic E-state index is 11.7. The SMILES string of the molecule is CC.CCCCOCCOc1ccc(-c2ccc(C(C)C)c(/C=C/C(=O)OCC)c2)cc1. The van der Waals surface area contributed by atoms with Crippen molar-refractivity contribution in [3.8, 4) is 16.9 Å². The molecule has 0 aliphatic heterocycles. The minimum atomic E-state index is -0.321. The van der Waals surface area contributed by atoms with Crippen LogP contribution < -0.4 is 4.74 Å². The summed E-state index contributed by atoms with van der Waals surface area (Å²) in [7, 11) is 0. The van der Waals surface area contributed by atoms with Gasteiger partial charge in [0.1, 0.15) is 12.4 Å². The Morgan fingerprint density at radius 2 is 1.62 bits per heavy atom. The molecule has 4 nitrogen and oxygen atoms in total. The molecule has 0 amide bonds. The third-order valence-corrected chi connectivity index (χ3v) is 4.72. The van der Waals surface area contributed by atoms with Crippen LogP contribution >= 0.6 is 0 Å². The molecular weight excluding hydrogens is 400 g/mol. The molecule has 0 spiro atoms. The molecule has 0 N–H and O–H groups in total. The van der Waals surface area contributed by atoms with Crippen LogP contribution in [0.5, 0.6) is 5.75 Å². The van der Waals surface area contributed by atoms with Gasteiger partial charge in [-0.15, -0.1) is 0 Å². The molecule has 0 bridgehead atoms. The van der Waals surface area contributed by atoms with E-state index in [9.17, 15) is 4.79 Å². The number of unbranched alkanes of at least 4 members (excludes halogenated alkanes) is 1. The lowest BCUT2D eigenvalue weighted by Crippen LogP contribution is -2.07. The van der Waals surface area contributed by atoms with Crippen molar-refractivity contribution >= 4 is 12.0 Å². The van der Waals surface area contributed by atoms with Crippen LogP contribution in [0.15, 0.2) is 48.5 Å². The molecule has 0 atom stereocenters. The van der Waals surface area contributed by atoms with Crippen molar-refractivity contribution in [3.63, 3.8) is 0 Å². The standard InChI is InChI=1S/C26H34O4.C2H6/c1-5-7-16-28-17-18-30-24-12-8-21(9-13-24)22-10-14-25(20(3)4)23(19-22)11-15-26(27)29-6-2;1-2/h8-15,19-20H,5-7,16-18H2,1-4H3;1-2H3/b15-11+;. The van der Waals surface area contributed by atoms with Gasteiger partial charge >= 0.3 is 5.97 Å². The Morgan fingerprint density at radius 1 is 0.938 bits per heavy atom. The Bertz CT molecular complexity index is 807. The van der Waals surface area contributed by atoms with Crippen LogP contribution in [0, 0.1) is 0 Å². The summed E-state index contributed by atoms with van der Waals surface area (Å²) >= 11 is 0. The van der Waals surface area contributed by atoms with Crippen LogP contribution in [0.4, 0.5) is 0 Å². The average Bonchev–Trinajstić information content (AvgIpc) is 2.81. The quantitative estimate of drug-likeness (QED) is 0.198. The van der Waals surface area contributed by atoms with E-state index in [-0.39, 0.29) is 5.97 Å². The fourth-order valence-electron chi connectivity index (χ4n) is 3.08.